The van der Waals surface area contributed by atoms with Gasteiger partial charge in [0.05, 0.1) is 0 Å². The fourth-order valence-corrected chi connectivity index (χ4v) is 3.03. The molecule has 0 aromatic heterocycles. The number of aryl methyl sites for hydroxylation is 3. The predicted molar refractivity (Wildman–Crippen MR) is 88.5 cm³/mol. The summed E-state index contributed by atoms with van der Waals surface area (Å²) >= 11 is 0. The Labute approximate surface area is 131 Å². The van der Waals surface area contributed by atoms with E-state index < -0.39 is 0 Å². The summed E-state index contributed by atoms with van der Waals surface area (Å²) in [5, 5.41) is 0. The zero-order chi connectivity index (χ0) is 15.5. The van der Waals surface area contributed by atoms with Gasteiger partial charge in [0.2, 0.25) is 0 Å². The van der Waals surface area contributed by atoms with Crippen LogP contribution < -0.4 is 9.64 Å². The molecule has 0 aliphatic carbocycles. The molecule has 2 aromatic carbocycles. The van der Waals surface area contributed by atoms with E-state index in [9.17, 15) is 4.79 Å². The van der Waals surface area contributed by atoms with Crippen LogP contribution in [0.25, 0.3) is 0 Å². The lowest BCUT2D eigenvalue weighted by molar-refractivity contribution is -0.120. The average Bonchev–Trinajstić information content (AvgIpc) is 2.53. The molecule has 0 atom stereocenters. The summed E-state index contributed by atoms with van der Waals surface area (Å²) in [5.74, 6) is 0.843. The van der Waals surface area contributed by atoms with Crippen LogP contribution in [0, 0.1) is 13.8 Å². The van der Waals surface area contributed by atoms with Crippen LogP contribution in [0.4, 0.5) is 5.69 Å². The maximum Gasteiger partial charge on any atom is 0.264 e. The van der Waals surface area contributed by atoms with Gasteiger partial charge in [0.1, 0.15) is 5.75 Å². The molecule has 0 N–H and O–H groups in total. The summed E-state index contributed by atoms with van der Waals surface area (Å²) < 4.78 is 5.81. The second kappa shape index (κ2) is 6.22. The number of carbonyl (C=O) groups excluding carboxylic acids is 1. The standard InChI is InChI=1S/C19H21NO2/c1-14-7-5-8-15(2)19(14)22-13-18(21)20-12-6-10-16-9-3-4-11-17(16)20/h3-5,7-9,11H,6,10,12-13H2,1-2H3. The highest BCUT2D eigenvalue weighted by atomic mass is 16.5. The van der Waals surface area contributed by atoms with Gasteiger partial charge in [-0.3, -0.25) is 4.79 Å². The van der Waals surface area contributed by atoms with Crippen LogP contribution in [0.2, 0.25) is 0 Å². The molecular weight excluding hydrogens is 274 g/mol. The topological polar surface area (TPSA) is 29.5 Å². The maximum absolute atomic E-state index is 12.6. The van der Waals surface area contributed by atoms with Crippen molar-refractivity contribution in [1.29, 1.82) is 0 Å². The Morgan fingerprint density at radius 2 is 1.82 bits per heavy atom. The fraction of sp³-hybridized carbons (Fsp3) is 0.316. The summed E-state index contributed by atoms with van der Waals surface area (Å²) in [6, 6.07) is 14.1. The molecule has 0 unspecified atom stereocenters. The molecule has 0 fully saturated rings. The van der Waals surface area contributed by atoms with Gasteiger partial charge in [-0.1, -0.05) is 36.4 Å². The number of anilines is 1. The fourth-order valence-electron chi connectivity index (χ4n) is 3.03. The van der Waals surface area contributed by atoms with E-state index in [-0.39, 0.29) is 12.5 Å². The van der Waals surface area contributed by atoms with Gasteiger partial charge in [-0.05, 0) is 49.4 Å². The van der Waals surface area contributed by atoms with Crippen molar-refractivity contribution in [3.63, 3.8) is 0 Å². The second-order valence-electron chi connectivity index (χ2n) is 5.79. The van der Waals surface area contributed by atoms with E-state index in [0.717, 1.165) is 42.0 Å². The van der Waals surface area contributed by atoms with E-state index in [1.54, 1.807) is 0 Å². The summed E-state index contributed by atoms with van der Waals surface area (Å²) in [6.45, 7) is 4.86. The maximum atomic E-state index is 12.6. The van der Waals surface area contributed by atoms with Gasteiger partial charge in [0, 0.05) is 12.2 Å². The van der Waals surface area contributed by atoms with Gasteiger partial charge >= 0.3 is 0 Å². The van der Waals surface area contributed by atoms with Crippen LogP contribution in [0.1, 0.15) is 23.1 Å². The van der Waals surface area contributed by atoms with Crippen LogP contribution in [-0.2, 0) is 11.2 Å². The number of benzene rings is 2. The zero-order valence-electron chi connectivity index (χ0n) is 13.1. The molecule has 3 nitrogen and oxygen atoms in total. The van der Waals surface area contributed by atoms with Crippen molar-refractivity contribution in [2.75, 3.05) is 18.1 Å². The van der Waals surface area contributed by atoms with E-state index >= 15 is 0 Å². The minimum Gasteiger partial charge on any atom is -0.483 e. The predicted octanol–water partition coefficient (Wildman–Crippen LogP) is 3.66. The van der Waals surface area contributed by atoms with E-state index in [1.807, 2.05) is 55.1 Å². The van der Waals surface area contributed by atoms with Crippen molar-refractivity contribution in [3.8, 4) is 5.75 Å². The Morgan fingerprint density at radius 3 is 2.59 bits per heavy atom. The quantitative estimate of drug-likeness (QED) is 0.865. The number of hydrogen-bond donors (Lipinski definition) is 0. The molecule has 0 bridgehead atoms. The first-order valence-corrected chi connectivity index (χ1v) is 7.74. The number of carbonyl (C=O) groups is 1. The van der Waals surface area contributed by atoms with Gasteiger partial charge in [-0.2, -0.15) is 0 Å². The summed E-state index contributed by atoms with van der Waals surface area (Å²) in [7, 11) is 0. The molecule has 1 aliphatic rings. The molecule has 0 radical (unpaired) electrons. The smallest absolute Gasteiger partial charge is 0.264 e. The summed E-state index contributed by atoms with van der Waals surface area (Å²) in [5.41, 5.74) is 4.40. The number of para-hydroxylation sites is 2. The minimum atomic E-state index is 0.0230. The van der Waals surface area contributed by atoms with Crippen LogP contribution in [0.5, 0.6) is 5.75 Å². The number of rotatable bonds is 3. The lowest BCUT2D eigenvalue weighted by atomic mass is 10.0. The Balaban J connectivity index is 1.74. The van der Waals surface area contributed by atoms with E-state index in [4.69, 9.17) is 4.74 Å². The first-order valence-electron chi connectivity index (χ1n) is 7.74. The van der Waals surface area contributed by atoms with Gasteiger partial charge in [0.25, 0.3) is 5.91 Å². The lowest BCUT2D eigenvalue weighted by Crippen LogP contribution is -2.38. The van der Waals surface area contributed by atoms with Crippen molar-refractivity contribution in [1.82, 2.24) is 0 Å². The molecule has 114 valence electrons. The normalized spacial score (nSPS) is 13.6. The minimum absolute atomic E-state index is 0.0230. The number of hydrogen-bond acceptors (Lipinski definition) is 2. The zero-order valence-corrected chi connectivity index (χ0v) is 13.1. The average molecular weight is 295 g/mol. The molecule has 0 spiro atoms. The highest BCUT2D eigenvalue weighted by Crippen LogP contribution is 2.27. The molecule has 2 aromatic rings. The van der Waals surface area contributed by atoms with Crippen molar-refractivity contribution in [2.45, 2.75) is 26.7 Å². The van der Waals surface area contributed by atoms with Crippen LogP contribution >= 0.6 is 0 Å². The molecular formula is C19H21NO2. The Morgan fingerprint density at radius 1 is 1.09 bits per heavy atom. The van der Waals surface area contributed by atoms with Crippen LogP contribution in [0.3, 0.4) is 0 Å². The van der Waals surface area contributed by atoms with Gasteiger partial charge < -0.3 is 9.64 Å². The van der Waals surface area contributed by atoms with E-state index in [2.05, 4.69) is 6.07 Å². The Hall–Kier alpha value is -2.29. The molecule has 0 saturated carbocycles. The molecule has 3 rings (SSSR count). The molecule has 1 heterocycles. The highest BCUT2D eigenvalue weighted by Gasteiger charge is 2.22. The summed E-state index contributed by atoms with van der Waals surface area (Å²) in [6.07, 6.45) is 2.05. The van der Waals surface area contributed by atoms with Gasteiger partial charge in [-0.25, -0.2) is 0 Å². The summed E-state index contributed by atoms with van der Waals surface area (Å²) in [4.78, 5) is 14.4. The van der Waals surface area contributed by atoms with E-state index in [0.29, 0.717) is 0 Å². The van der Waals surface area contributed by atoms with Crippen molar-refractivity contribution >= 4 is 11.6 Å². The first-order chi connectivity index (χ1) is 10.7. The molecule has 1 aliphatic heterocycles. The van der Waals surface area contributed by atoms with Gasteiger partial charge in [0.15, 0.2) is 6.61 Å². The molecule has 1 amide bonds. The van der Waals surface area contributed by atoms with Crippen molar-refractivity contribution in [2.24, 2.45) is 0 Å². The number of amides is 1. The monoisotopic (exact) mass is 295 g/mol. The Bertz CT molecular complexity index is 673. The number of ether oxygens (including phenoxy) is 1. The third-order valence-corrected chi connectivity index (χ3v) is 4.16. The van der Waals surface area contributed by atoms with Crippen molar-refractivity contribution in [3.05, 3.63) is 59.2 Å². The number of fused-ring (bicyclic) bond motifs is 1. The highest BCUT2D eigenvalue weighted by molar-refractivity contribution is 5.95. The molecule has 3 heteroatoms. The number of nitrogens with zero attached hydrogens (tertiary/aromatic N) is 1. The van der Waals surface area contributed by atoms with Crippen LogP contribution in [-0.4, -0.2) is 19.1 Å². The SMILES string of the molecule is Cc1cccc(C)c1OCC(=O)N1CCCc2ccccc21. The Kier molecular flexibility index (Phi) is 4.14. The second-order valence-corrected chi connectivity index (χ2v) is 5.79. The van der Waals surface area contributed by atoms with Crippen molar-refractivity contribution < 1.29 is 9.53 Å². The van der Waals surface area contributed by atoms with Crippen LogP contribution in [0.15, 0.2) is 42.5 Å². The largest absolute Gasteiger partial charge is 0.483 e. The van der Waals surface area contributed by atoms with Gasteiger partial charge in [-0.15, -0.1) is 0 Å². The molecule has 0 saturated heterocycles. The van der Waals surface area contributed by atoms with E-state index in [1.165, 1.54) is 5.56 Å². The lowest BCUT2D eigenvalue weighted by Gasteiger charge is -2.29. The first kappa shape index (κ1) is 14.6. The molecule has 22 heavy (non-hydrogen) atoms. The third-order valence-electron chi connectivity index (χ3n) is 4.16. The third kappa shape index (κ3) is 2.84.